The van der Waals surface area contributed by atoms with Gasteiger partial charge in [-0.05, 0) is 12.1 Å². The highest BCUT2D eigenvalue weighted by molar-refractivity contribution is 7.98. The summed E-state index contributed by atoms with van der Waals surface area (Å²) in [6, 6.07) is 8.03. The van der Waals surface area contributed by atoms with Gasteiger partial charge in [-0.15, -0.1) is 11.8 Å². The summed E-state index contributed by atoms with van der Waals surface area (Å²) in [5, 5.41) is 3.86. The molecule has 1 aromatic carbocycles. The molecule has 5 nitrogen and oxygen atoms in total. The number of thioether (sulfide) groups is 1. The molecule has 19 heavy (non-hydrogen) atoms. The van der Waals surface area contributed by atoms with Crippen LogP contribution in [0.25, 0.3) is 0 Å². The molecule has 6 heteroatoms. The number of aryl methyl sites for hydroxylation is 1. The quantitative estimate of drug-likeness (QED) is 0.599. The molecule has 1 heterocycles. The Morgan fingerprint density at radius 3 is 2.42 bits per heavy atom. The maximum Gasteiger partial charge on any atom is 0.223 e. The second-order valence-electron chi connectivity index (χ2n) is 3.89. The molecule has 0 aliphatic heterocycles. The molecule has 0 radical (unpaired) electrons. The fraction of sp³-hybridized carbons (Fsp3) is 0.385. The Bertz CT molecular complexity index is 509. The average molecular weight is 280 g/mol. The maximum atomic E-state index is 5.20. The molecule has 0 unspecified atom stereocenters. The van der Waals surface area contributed by atoms with Crippen molar-refractivity contribution in [2.24, 2.45) is 0 Å². The van der Waals surface area contributed by atoms with E-state index in [0.717, 1.165) is 10.5 Å². The average Bonchev–Trinajstić information content (AvgIpc) is 2.85. The Labute approximate surface area is 116 Å². The molecule has 0 bridgehead atoms. The summed E-state index contributed by atoms with van der Waals surface area (Å²) in [7, 11) is 3.24. The van der Waals surface area contributed by atoms with E-state index in [1.165, 1.54) is 0 Å². The SMILES string of the molecule is COC(OC)c1ccc(SCc2noc(C)n2)cc1. The second-order valence-corrected chi connectivity index (χ2v) is 4.94. The Hall–Kier alpha value is -1.37. The molecule has 102 valence electrons. The first-order valence-electron chi connectivity index (χ1n) is 5.80. The summed E-state index contributed by atoms with van der Waals surface area (Å²) in [4.78, 5) is 5.30. The molecular formula is C13H16N2O3S. The van der Waals surface area contributed by atoms with E-state index in [1.54, 1.807) is 32.9 Å². The van der Waals surface area contributed by atoms with E-state index in [4.69, 9.17) is 14.0 Å². The van der Waals surface area contributed by atoms with Gasteiger partial charge in [-0.3, -0.25) is 0 Å². The van der Waals surface area contributed by atoms with Crippen molar-refractivity contribution in [3.05, 3.63) is 41.5 Å². The molecule has 0 spiro atoms. The number of aromatic nitrogens is 2. The summed E-state index contributed by atoms with van der Waals surface area (Å²) in [5.74, 6) is 1.99. The summed E-state index contributed by atoms with van der Waals surface area (Å²) in [6.07, 6.45) is -0.320. The molecule has 0 atom stereocenters. The van der Waals surface area contributed by atoms with Gasteiger partial charge in [-0.2, -0.15) is 4.98 Å². The van der Waals surface area contributed by atoms with E-state index in [2.05, 4.69) is 10.1 Å². The highest BCUT2D eigenvalue weighted by Gasteiger charge is 2.08. The first kappa shape index (κ1) is 14.0. The van der Waals surface area contributed by atoms with Gasteiger partial charge in [0.2, 0.25) is 5.89 Å². The van der Waals surface area contributed by atoms with Crippen LogP contribution in [-0.2, 0) is 15.2 Å². The van der Waals surface area contributed by atoms with Crippen LogP contribution in [0.2, 0.25) is 0 Å². The lowest BCUT2D eigenvalue weighted by atomic mass is 10.2. The van der Waals surface area contributed by atoms with Crippen LogP contribution in [0.15, 0.2) is 33.7 Å². The maximum absolute atomic E-state index is 5.20. The number of nitrogens with zero attached hydrogens (tertiary/aromatic N) is 2. The largest absolute Gasteiger partial charge is 0.352 e. The van der Waals surface area contributed by atoms with Crippen LogP contribution < -0.4 is 0 Å². The zero-order chi connectivity index (χ0) is 13.7. The van der Waals surface area contributed by atoms with Gasteiger partial charge in [0.25, 0.3) is 0 Å². The number of methoxy groups -OCH3 is 2. The highest BCUT2D eigenvalue weighted by atomic mass is 32.2. The molecule has 2 rings (SSSR count). The smallest absolute Gasteiger partial charge is 0.223 e. The van der Waals surface area contributed by atoms with Crippen molar-refractivity contribution in [1.29, 1.82) is 0 Å². The molecule has 0 saturated heterocycles. The van der Waals surface area contributed by atoms with Gasteiger partial charge >= 0.3 is 0 Å². The zero-order valence-corrected chi connectivity index (χ0v) is 11.9. The van der Waals surface area contributed by atoms with Crippen LogP contribution in [0.4, 0.5) is 0 Å². The van der Waals surface area contributed by atoms with Crippen LogP contribution in [0.5, 0.6) is 0 Å². The van der Waals surface area contributed by atoms with Crippen LogP contribution in [0.3, 0.4) is 0 Å². The molecule has 0 fully saturated rings. The minimum atomic E-state index is -0.320. The van der Waals surface area contributed by atoms with E-state index >= 15 is 0 Å². The fourth-order valence-electron chi connectivity index (χ4n) is 1.64. The summed E-state index contributed by atoms with van der Waals surface area (Å²) < 4.78 is 15.3. The van der Waals surface area contributed by atoms with Gasteiger partial charge in [0, 0.05) is 31.6 Å². The minimum Gasteiger partial charge on any atom is -0.352 e. The monoisotopic (exact) mass is 280 g/mol. The molecule has 0 aliphatic carbocycles. The molecule has 1 aromatic heterocycles. The van der Waals surface area contributed by atoms with E-state index < -0.39 is 0 Å². The molecule has 0 N–H and O–H groups in total. The van der Waals surface area contributed by atoms with Gasteiger partial charge < -0.3 is 14.0 Å². The van der Waals surface area contributed by atoms with Gasteiger partial charge in [-0.1, -0.05) is 17.3 Å². The predicted molar refractivity (Wildman–Crippen MR) is 71.8 cm³/mol. The van der Waals surface area contributed by atoms with Gasteiger partial charge in [0.1, 0.15) is 0 Å². The van der Waals surface area contributed by atoms with E-state index in [9.17, 15) is 0 Å². The van der Waals surface area contributed by atoms with Crippen molar-refractivity contribution in [2.75, 3.05) is 14.2 Å². The third kappa shape index (κ3) is 3.79. The van der Waals surface area contributed by atoms with Crippen molar-refractivity contribution in [3.63, 3.8) is 0 Å². The lowest BCUT2D eigenvalue weighted by Crippen LogP contribution is -2.02. The number of ether oxygens (including phenoxy) is 2. The fourth-order valence-corrected chi connectivity index (χ4v) is 2.38. The Morgan fingerprint density at radius 1 is 1.21 bits per heavy atom. The van der Waals surface area contributed by atoms with Crippen molar-refractivity contribution in [2.45, 2.75) is 23.9 Å². The second kappa shape index (κ2) is 6.70. The summed E-state index contributed by atoms with van der Waals surface area (Å²) in [5.41, 5.74) is 0.991. The first-order valence-corrected chi connectivity index (χ1v) is 6.79. The lowest BCUT2D eigenvalue weighted by molar-refractivity contribution is -0.106. The number of hydrogen-bond donors (Lipinski definition) is 0. The lowest BCUT2D eigenvalue weighted by Gasteiger charge is -2.13. The van der Waals surface area contributed by atoms with Gasteiger partial charge in [-0.25, -0.2) is 0 Å². The standard InChI is InChI=1S/C13H16N2O3S/c1-9-14-12(15-18-9)8-19-11-6-4-10(5-7-11)13(16-2)17-3/h4-7,13H,8H2,1-3H3. The van der Waals surface area contributed by atoms with E-state index in [1.807, 2.05) is 24.3 Å². The molecule has 0 amide bonds. The van der Waals surface area contributed by atoms with E-state index in [0.29, 0.717) is 17.5 Å². The van der Waals surface area contributed by atoms with Gasteiger partial charge in [0.15, 0.2) is 12.1 Å². The first-order chi connectivity index (χ1) is 9.22. The molecule has 2 aromatic rings. The molecule has 0 aliphatic rings. The van der Waals surface area contributed by atoms with Crippen LogP contribution >= 0.6 is 11.8 Å². The van der Waals surface area contributed by atoms with Crippen LogP contribution in [-0.4, -0.2) is 24.4 Å². The van der Waals surface area contributed by atoms with Gasteiger partial charge in [0.05, 0.1) is 5.75 Å². The van der Waals surface area contributed by atoms with E-state index in [-0.39, 0.29) is 6.29 Å². The third-order valence-corrected chi connectivity index (χ3v) is 3.53. The minimum absolute atomic E-state index is 0.320. The summed E-state index contributed by atoms with van der Waals surface area (Å²) >= 11 is 1.66. The molecular weight excluding hydrogens is 264 g/mol. The van der Waals surface area contributed by atoms with Crippen LogP contribution in [0, 0.1) is 6.92 Å². The zero-order valence-electron chi connectivity index (χ0n) is 11.1. The van der Waals surface area contributed by atoms with Crippen molar-refractivity contribution >= 4 is 11.8 Å². The third-order valence-electron chi connectivity index (χ3n) is 2.52. The van der Waals surface area contributed by atoms with Crippen LogP contribution in [0.1, 0.15) is 23.6 Å². The molecule has 0 saturated carbocycles. The van der Waals surface area contributed by atoms with Crippen molar-refractivity contribution in [1.82, 2.24) is 10.1 Å². The number of hydrogen-bond acceptors (Lipinski definition) is 6. The Kier molecular flexibility index (Phi) is 4.95. The predicted octanol–water partition coefficient (Wildman–Crippen LogP) is 2.96. The Morgan fingerprint density at radius 2 is 1.89 bits per heavy atom. The topological polar surface area (TPSA) is 57.4 Å². The Balaban J connectivity index is 1.95. The number of rotatable bonds is 6. The summed E-state index contributed by atoms with van der Waals surface area (Å²) in [6.45, 7) is 1.78. The van der Waals surface area contributed by atoms with Crippen molar-refractivity contribution in [3.8, 4) is 0 Å². The normalized spacial score (nSPS) is 11.2. The van der Waals surface area contributed by atoms with Crippen molar-refractivity contribution < 1.29 is 14.0 Å². The highest BCUT2D eigenvalue weighted by Crippen LogP contribution is 2.24. The number of benzene rings is 1.